The first kappa shape index (κ1) is 21.1. The van der Waals surface area contributed by atoms with Gasteiger partial charge in [0.1, 0.15) is 11.8 Å². The molecule has 0 spiro atoms. The van der Waals surface area contributed by atoms with Crippen LogP contribution in [-0.2, 0) is 12.7 Å². The molecule has 1 N–H and O–H groups in total. The van der Waals surface area contributed by atoms with E-state index in [-0.39, 0.29) is 6.04 Å². The van der Waals surface area contributed by atoms with Gasteiger partial charge >= 0.3 is 6.18 Å². The van der Waals surface area contributed by atoms with Crippen molar-refractivity contribution in [1.82, 2.24) is 15.3 Å². The first-order chi connectivity index (χ1) is 14.8. The topological polar surface area (TPSA) is 64.8 Å². The molecule has 0 aliphatic carbocycles. The highest BCUT2D eigenvalue weighted by Crippen LogP contribution is 2.31. The van der Waals surface area contributed by atoms with Crippen LogP contribution < -0.4 is 10.2 Å². The van der Waals surface area contributed by atoms with Crippen molar-refractivity contribution in [3.8, 4) is 6.07 Å². The Hall–Kier alpha value is -3.18. The van der Waals surface area contributed by atoms with Crippen LogP contribution in [0.3, 0.4) is 0 Å². The molecule has 4 rings (SSSR count). The Labute approximate surface area is 178 Å². The lowest BCUT2D eigenvalue weighted by Crippen LogP contribution is -2.48. The fourth-order valence-corrected chi connectivity index (χ4v) is 4.18. The van der Waals surface area contributed by atoms with Gasteiger partial charge in [0.05, 0.1) is 11.1 Å². The number of nitriles is 1. The fourth-order valence-electron chi connectivity index (χ4n) is 4.18. The third-order valence-electron chi connectivity index (χ3n) is 5.58. The number of hydrogen-bond acceptors (Lipinski definition) is 5. The summed E-state index contributed by atoms with van der Waals surface area (Å²) in [5.74, 6) is 0.430. The lowest BCUT2D eigenvalue weighted by molar-refractivity contribution is -0.141. The van der Waals surface area contributed by atoms with Crippen molar-refractivity contribution in [1.29, 1.82) is 5.26 Å². The van der Waals surface area contributed by atoms with Crippen LogP contribution in [0.5, 0.6) is 0 Å². The lowest BCUT2D eigenvalue weighted by Gasteiger charge is -2.39. The molecule has 0 saturated carbocycles. The minimum Gasteiger partial charge on any atom is -0.369 e. The number of piperidine rings is 1. The Morgan fingerprint density at radius 3 is 2.71 bits per heavy atom. The van der Waals surface area contributed by atoms with Crippen LogP contribution in [0.2, 0.25) is 0 Å². The van der Waals surface area contributed by atoms with Gasteiger partial charge in [-0.3, -0.25) is 9.97 Å². The summed E-state index contributed by atoms with van der Waals surface area (Å²) in [5.41, 5.74) is 2.12. The highest BCUT2D eigenvalue weighted by molar-refractivity contribution is 5.95. The van der Waals surface area contributed by atoms with Crippen molar-refractivity contribution >= 4 is 16.6 Å². The summed E-state index contributed by atoms with van der Waals surface area (Å²) in [6.07, 6.45) is -0.491. The highest BCUT2D eigenvalue weighted by Gasteiger charge is 2.32. The summed E-state index contributed by atoms with van der Waals surface area (Å²) in [7, 11) is 0. The van der Waals surface area contributed by atoms with E-state index >= 15 is 0 Å². The molecular formula is C23H22F3N5. The summed E-state index contributed by atoms with van der Waals surface area (Å²) < 4.78 is 38.1. The Bertz CT molecular complexity index is 1100. The molecule has 5 nitrogen and oxygen atoms in total. The van der Waals surface area contributed by atoms with Gasteiger partial charge in [-0.1, -0.05) is 13.0 Å². The van der Waals surface area contributed by atoms with Crippen LogP contribution in [0, 0.1) is 17.2 Å². The van der Waals surface area contributed by atoms with Crippen LogP contribution in [-0.4, -0.2) is 29.1 Å². The van der Waals surface area contributed by atoms with Crippen molar-refractivity contribution in [2.75, 3.05) is 18.0 Å². The maximum Gasteiger partial charge on any atom is 0.433 e. The average molecular weight is 425 g/mol. The van der Waals surface area contributed by atoms with Crippen LogP contribution in [0.1, 0.15) is 30.2 Å². The molecule has 0 unspecified atom stereocenters. The van der Waals surface area contributed by atoms with E-state index in [9.17, 15) is 18.4 Å². The highest BCUT2D eigenvalue weighted by atomic mass is 19.4. The largest absolute Gasteiger partial charge is 0.433 e. The smallest absolute Gasteiger partial charge is 0.369 e. The summed E-state index contributed by atoms with van der Waals surface area (Å²) in [6.45, 7) is 4.28. The molecule has 3 aromatic rings. The van der Waals surface area contributed by atoms with Crippen molar-refractivity contribution < 1.29 is 13.2 Å². The van der Waals surface area contributed by atoms with Gasteiger partial charge in [-0.2, -0.15) is 18.4 Å². The second-order valence-corrected chi connectivity index (χ2v) is 8.02. The molecular weight excluding hydrogens is 403 g/mol. The molecule has 3 heterocycles. The maximum atomic E-state index is 12.7. The molecule has 0 bridgehead atoms. The molecule has 160 valence electrons. The van der Waals surface area contributed by atoms with Crippen LogP contribution in [0.15, 0.2) is 48.8 Å². The van der Waals surface area contributed by atoms with Crippen LogP contribution >= 0.6 is 0 Å². The van der Waals surface area contributed by atoms with Gasteiger partial charge in [0, 0.05) is 49.1 Å². The Morgan fingerprint density at radius 2 is 2.00 bits per heavy atom. The van der Waals surface area contributed by atoms with Crippen molar-refractivity contribution in [2.24, 2.45) is 5.92 Å². The second-order valence-electron chi connectivity index (χ2n) is 8.02. The third-order valence-corrected chi connectivity index (χ3v) is 5.58. The molecule has 0 amide bonds. The van der Waals surface area contributed by atoms with Gasteiger partial charge in [-0.05, 0) is 48.2 Å². The number of rotatable bonds is 4. The molecule has 1 aliphatic heterocycles. The molecule has 1 aromatic carbocycles. The number of nitrogens with zero attached hydrogens (tertiary/aromatic N) is 4. The van der Waals surface area contributed by atoms with E-state index in [0.29, 0.717) is 29.1 Å². The number of pyridine rings is 2. The number of nitrogens with one attached hydrogen (secondary N) is 1. The monoisotopic (exact) mass is 425 g/mol. The van der Waals surface area contributed by atoms with E-state index in [1.165, 1.54) is 12.3 Å². The predicted octanol–water partition coefficient (Wildman–Crippen LogP) is 4.52. The van der Waals surface area contributed by atoms with Gasteiger partial charge in [-0.15, -0.1) is 0 Å². The number of benzene rings is 1. The zero-order valence-electron chi connectivity index (χ0n) is 17.0. The van der Waals surface area contributed by atoms with E-state index in [2.05, 4.69) is 33.2 Å². The van der Waals surface area contributed by atoms with Gasteiger partial charge < -0.3 is 10.2 Å². The number of alkyl halides is 3. The zero-order chi connectivity index (χ0) is 22.0. The number of anilines is 1. The number of hydrogen-bond donors (Lipinski definition) is 1. The fraction of sp³-hybridized carbons (Fsp3) is 0.348. The Balaban J connectivity index is 1.49. The summed E-state index contributed by atoms with van der Waals surface area (Å²) >= 11 is 0. The number of halogens is 3. The summed E-state index contributed by atoms with van der Waals surface area (Å²) in [5, 5.41) is 13.8. The maximum absolute atomic E-state index is 12.7. The van der Waals surface area contributed by atoms with E-state index in [1.54, 1.807) is 12.3 Å². The molecule has 2 aromatic heterocycles. The molecule has 0 radical (unpaired) electrons. The SMILES string of the molecule is C[C@H]1C[C@@H](NCc2ccc(C(F)(F)F)nc2)CN(c2ccc(C#N)c3ncccc23)C1. The van der Waals surface area contributed by atoms with Gasteiger partial charge in [0.2, 0.25) is 0 Å². The molecule has 1 fully saturated rings. The first-order valence-electron chi connectivity index (χ1n) is 10.1. The van der Waals surface area contributed by atoms with Gasteiger partial charge in [-0.25, -0.2) is 0 Å². The van der Waals surface area contributed by atoms with E-state index in [1.807, 2.05) is 18.2 Å². The standard InChI is InChI=1S/C23H22F3N5/c1-15-9-18(29-11-16-4-7-21(30-12-16)23(24,25)26)14-31(13-15)20-6-5-17(10-27)22-19(20)3-2-8-28-22/h2-8,12,15,18,29H,9,11,13-14H2,1H3/t15-,18+/m0/s1. The quantitative estimate of drug-likeness (QED) is 0.666. The van der Waals surface area contributed by atoms with Gasteiger partial charge in [0.15, 0.2) is 0 Å². The minimum atomic E-state index is -4.43. The minimum absolute atomic E-state index is 0.174. The zero-order valence-corrected chi connectivity index (χ0v) is 17.0. The van der Waals surface area contributed by atoms with E-state index < -0.39 is 11.9 Å². The van der Waals surface area contributed by atoms with E-state index in [0.717, 1.165) is 36.7 Å². The van der Waals surface area contributed by atoms with Crippen molar-refractivity contribution in [2.45, 2.75) is 32.1 Å². The summed E-state index contributed by atoms with van der Waals surface area (Å²) in [6, 6.07) is 12.5. The Morgan fingerprint density at radius 1 is 1.16 bits per heavy atom. The number of fused-ring (bicyclic) bond motifs is 1. The van der Waals surface area contributed by atoms with Crippen molar-refractivity contribution in [3.05, 3.63) is 65.6 Å². The van der Waals surface area contributed by atoms with Crippen molar-refractivity contribution in [3.63, 3.8) is 0 Å². The predicted molar refractivity (Wildman–Crippen MR) is 112 cm³/mol. The Kier molecular flexibility index (Phi) is 5.79. The van der Waals surface area contributed by atoms with Gasteiger partial charge in [0.25, 0.3) is 0 Å². The van der Waals surface area contributed by atoms with Crippen LogP contribution in [0.4, 0.5) is 18.9 Å². The first-order valence-corrected chi connectivity index (χ1v) is 10.1. The normalized spacial score (nSPS) is 19.4. The number of aromatic nitrogens is 2. The molecule has 8 heteroatoms. The van der Waals surface area contributed by atoms with E-state index in [4.69, 9.17) is 0 Å². The van der Waals surface area contributed by atoms with Crippen LogP contribution in [0.25, 0.3) is 10.9 Å². The molecule has 1 aliphatic rings. The lowest BCUT2D eigenvalue weighted by atomic mass is 9.94. The molecule has 1 saturated heterocycles. The average Bonchev–Trinajstić information content (AvgIpc) is 2.76. The second kappa shape index (κ2) is 8.52. The molecule has 2 atom stereocenters. The summed E-state index contributed by atoms with van der Waals surface area (Å²) in [4.78, 5) is 10.2. The third kappa shape index (κ3) is 4.62. The molecule has 31 heavy (non-hydrogen) atoms.